The van der Waals surface area contributed by atoms with Crippen LogP contribution < -0.4 is 0 Å². The number of hydrogen-bond acceptors (Lipinski definition) is 2. The lowest BCUT2D eigenvalue weighted by Crippen LogP contribution is -2.29. The van der Waals surface area contributed by atoms with E-state index in [1.807, 2.05) is 17.0 Å². The minimum absolute atomic E-state index is 0.115. The van der Waals surface area contributed by atoms with Crippen molar-refractivity contribution in [2.45, 2.75) is 45.4 Å². The first-order valence-electron chi connectivity index (χ1n) is 8.01. The van der Waals surface area contributed by atoms with Crippen LogP contribution in [0.5, 0.6) is 0 Å². The quantitative estimate of drug-likeness (QED) is 0.842. The maximum atomic E-state index is 12.3. The van der Waals surface area contributed by atoms with E-state index in [9.17, 15) is 4.79 Å². The van der Waals surface area contributed by atoms with E-state index in [4.69, 9.17) is 0 Å². The average Bonchev–Trinajstić information content (AvgIpc) is 2.96. The van der Waals surface area contributed by atoms with E-state index in [1.165, 1.54) is 19.3 Å². The molecule has 2 fully saturated rings. The number of nitrogens with zero attached hydrogens (tertiary/aromatic N) is 2. The molecule has 2 heterocycles. The van der Waals surface area contributed by atoms with E-state index in [1.54, 1.807) is 0 Å². The van der Waals surface area contributed by atoms with Crippen LogP contribution in [-0.4, -0.2) is 28.9 Å². The number of pyridine rings is 1. The third kappa shape index (κ3) is 2.87. The summed E-state index contributed by atoms with van der Waals surface area (Å²) in [6, 6.07) is 5.92. The monoisotopic (exact) mass is 272 g/mol. The zero-order valence-electron chi connectivity index (χ0n) is 12.3. The molecule has 1 saturated heterocycles. The molecule has 0 atom stereocenters. The standard InChI is InChI=1S/C17H24N2O/c1-2-13-10-14(11-13)12-15-6-5-7-16(18-15)17(20)19-8-3-4-9-19/h5-7,13-14H,2-4,8-12H2,1H3. The van der Waals surface area contributed by atoms with Gasteiger partial charge in [0, 0.05) is 18.8 Å². The smallest absolute Gasteiger partial charge is 0.272 e. The lowest BCUT2D eigenvalue weighted by molar-refractivity contribution is 0.0786. The highest BCUT2D eigenvalue weighted by Crippen LogP contribution is 2.37. The van der Waals surface area contributed by atoms with Crippen LogP contribution in [0.3, 0.4) is 0 Å². The van der Waals surface area contributed by atoms with Crippen molar-refractivity contribution in [1.82, 2.24) is 9.88 Å². The minimum Gasteiger partial charge on any atom is -0.337 e. The van der Waals surface area contributed by atoms with Gasteiger partial charge in [-0.1, -0.05) is 19.4 Å². The third-order valence-corrected chi connectivity index (χ3v) is 4.83. The predicted molar refractivity (Wildman–Crippen MR) is 79.6 cm³/mol. The molecule has 3 heteroatoms. The summed E-state index contributed by atoms with van der Waals surface area (Å²) in [5, 5.41) is 0. The second kappa shape index (κ2) is 5.94. The van der Waals surface area contributed by atoms with Crippen LogP contribution in [0.25, 0.3) is 0 Å². The normalized spacial score (nSPS) is 25.6. The number of carbonyl (C=O) groups is 1. The highest BCUT2D eigenvalue weighted by Gasteiger charge is 2.28. The summed E-state index contributed by atoms with van der Waals surface area (Å²) in [7, 11) is 0. The Morgan fingerprint density at radius 3 is 2.70 bits per heavy atom. The van der Waals surface area contributed by atoms with Gasteiger partial charge in [0.15, 0.2) is 0 Å². The average molecular weight is 272 g/mol. The molecule has 0 aromatic carbocycles. The first kappa shape index (κ1) is 13.6. The van der Waals surface area contributed by atoms with Crippen molar-refractivity contribution in [2.24, 2.45) is 11.8 Å². The van der Waals surface area contributed by atoms with Crippen LogP contribution in [0.2, 0.25) is 0 Å². The first-order valence-corrected chi connectivity index (χ1v) is 8.01. The van der Waals surface area contributed by atoms with Crippen LogP contribution in [0.4, 0.5) is 0 Å². The highest BCUT2D eigenvalue weighted by atomic mass is 16.2. The number of rotatable bonds is 4. The zero-order chi connectivity index (χ0) is 13.9. The molecule has 1 aliphatic carbocycles. The van der Waals surface area contributed by atoms with Gasteiger partial charge in [-0.05, 0) is 56.1 Å². The maximum absolute atomic E-state index is 12.3. The van der Waals surface area contributed by atoms with E-state index in [0.717, 1.165) is 49.9 Å². The molecule has 1 aromatic heterocycles. The van der Waals surface area contributed by atoms with Gasteiger partial charge in [-0.2, -0.15) is 0 Å². The van der Waals surface area contributed by atoms with E-state index in [0.29, 0.717) is 5.69 Å². The summed E-state index contributed by atoms with van der Waals surface area (Å²) in [4.78, 5) is 18.9. The van der Waals surface area contributed by atoms with Gasteiger partial charge in [0.1, 0.15) is 5.69 Å². The maximum Gasteiger partial charge on any atom is 0.272 e. The van der Waals surface area contributed by atoms with Crippen molar-refractivity contribution in [2.75, 3.05) is 13.1 Å². The number of carbonyl (C=O) groups excluding carboxylic acids is 1. The Morgan fingerprint density at radius 1 is 1.25 bits per heavy atom. The molecule has 0 unspecified atom stereocenters. The summed E-state index contributed by atoms with van der Waals surface area (Å²) in [6.07, 6.45) is 7.28. The molecule has 1 saturated carbocycles. The van der Waals surface area contributed by atoms with E-state index >= 15 is 0 Å². The second-order valence-corrected chi connectivity index (χ2v) is 6.33. The van der Waals surface area contributed by atoms with E-state index < -0.39 is 0 Å². The van der Waals surface area contributed by atoms with Gasteiger partial charge in [-0.3, -0.25) is 4.79 Å². The fourth-order valence-corrected chi connectivity index (χ4v) is 3.46. The first-order chi connectivity index (χ1) is 9.76. The number of amides is 1. The molecule has 1 aliphatic heterocycles. The molecule has 0 N–H and O–H groups in total. The zero-order valence-corrected chi connectivity index (χ0v) is 12.3. The van der Waals surface area contributed by atoms with Gasteiger partial charge in [-0.25, -0.2) is 4.98 Å². The van der Waals surface area contributed by atoms with Gasteiger partial charge < -0.3 is 4.90 Å². The fourth-order valence-electron chi connectivity index (χ4n) is 3.46. The number of aromatic nitrogens is 1. The molecule has 108 valence electrons. The van der Waals surface area contributed by atoms with Gasteiger partial charge in [0.05, 0.1) is 0 Å². The van der Waals surface area contributed by atoms with Crippen LogP contribution in [0.15, 0.2) is 18.2 Å². The van der Waals surface area contributed by atoms with Crippen molar-refractivity contribution in [3.05, 3.63) is 29.6 Å². The number of hydrogen-bond donors (Lipinski definition) is 0. The molecule has 1 amide bonds. The summed E-state index contributed by atoms with van der Waals surface area (Å²) in [6.45, 7) is 4.06. The van der Waals surface area contributed by atoms with Gasteiger partial charge in [-0.15, -0.1) is 0 Å². The highest BCUT2D eigenvalue weighted by molar-refractivity contribution is 5.92. The Bertz CT molecular complexity index is 474. The van der Waals surface area contributed by atoms with Crippen molar-refractivity contribution >= 4 is 5.91 Å². The number of likely N-dealkylation sites (tertiary alicyclic amines) is 1. The Hall–Kier alpha value is -1.38. The van der Waals surface area contributed by atoms with Crippen molar-refractivity contribution < 1.29 is 4.79 Å². The van der Waals surface area contributed by atoms with Crippen LogP contribution in [-0.2, 0) is 6.42 Å². The second-order valence-electron chi connectivity index (χ2n) is 6.33. The lowest BCUT2D eigenvalue weighted by Gasteiger charge is -2.34. The largest absolute Gasteiger partial charge is 0.337 e. The van der Waals surface area contributed by atoms with Crippen molar-refractivity contribution in [3.8, 4) is 0 Å². The Kier molecular flexibility index (Phi) is 4.04. The van der Waals surface area contributed by atoms with Gasteiger partial charge in [0.25, 0.3) is 5.91 Å². The Balaban J connectivity index is 1.62. The topological polar surface area (TPSA) is 33.2 Å². The van der Waals surface area contributed by atoms with Gasteiger partial charge in [0.2, 0.25) is 0 Å². The molecule has 0 radical (unpaired) electrons. The molecule has 1 aromatic rings. The Morgan fingerprint density at radius 2 is 2.00 bits per heavy atom. The molecular weight excluding hydrogens is 248 g/mol. The Labute approximate surface area is 121 Å². The van der Waals surface area contributed by atoms with Crippen molar-refractivity contribution in [3.63, 3.8) is 0 Å². The fraction of sp³-hybridized carbons (Fsp3) is 0.647. The summed E-state index contributed by atoms with van der Waals surface area (Å²) < 4.78 is 0. The molecule has 20 heavy (non-hydrogen) atoms. The lowest BCUT2D eigenvalue weighted by atomic mass is 9.71. The molecule has 0 spiro atoms. The SMILES string of the molecule is CCC1CC(Cc2cccc(C(=O)N3CCCC3)n2)C1. The predicted octanol–water partition coefficient (Wildman–Crippen LogP) is 3.30. The molecule has 3 rings (SSSR count). The van der Waals surface area contributed by atoms with Crippen LogP contribution in [0, 0.1) is 11.8 Å². The minimum atomic E-state index is 0.115. The van der Waals surface area contributed by atoms with Crippen LogP contribution in [0.1, 0.15) is 55.2 Å². The molecular formula is C17H24N2O. The summed E-state index contributed by atoms with van der Waals surface area (Å²) in [5.41, 5.74) is 1.73. The summed E-state index contributed by atoms with van der Waals surface area (Å²) in [5.74, 6) is 1.82. The van der Waals surface area contributed by atoms with Crippen LogP contribution >= 0.6 is 0 Å². The van der Waals surface area contributed by atoms with Gasteiger partial charge >= 0.3 is 0 Å². The van der Waals surface area contributed by atoms with E-state index in [-0.39, 0.29) is 5.91 Å². The summed E-state index contributed by atoms with van der Waals surface area (Å²) >= 11 is 0. The van der Waals surface area contributed by atoms with Crippen molar-refractivity contribution in [1.29, 1.82) is 0 Å². The molecule has 0 bridgehead atoms. The molecule has 2 aliphatic rings. The third-order valence-electron chi connectivity index (χ3n) is 4.83. The van der Waals surface area contributed by atoms with E-state index in [2.05, 4.69) is 18.0 Å². The molecule has 3 nitrogen and oxygen atoms in total.